The first-order valence-corrected chi connectivity index (χ1v) is 10.3. The summed E-state index contributed by atoms with van der Waals surface area (Å²) in [7, 11) is 0. The molecule has 3 aromatic rings. The Morgan fingerprint density at radius 3 is 2.06 bits per heavy atom. The van der Waals surface area contributed by atoms with E-state index < -0.39 is 11.7 Å². The third-order valence-corrected chi connectivity index (χ3v) is 5.03. The molecule has 0 N–H and O–H groups in total. The molecule has 0 spiro atoms. The molecule has 3 aromatic carbocycles. The smallest absolute Gasteiger partial charge is 0.416 e. The minimum absolute atomic E-state index is 0.104. The SMILES string of the molecule is CC(C)(C)c1ccc(/C(=C\CCc2cccc(Oc3ccccc3)c2)C(F)(F)F)cc1. The highest BCUT2D eigenvalue weighted by Gasteiger charge is 2.34. The van der Waals surface area contributed by atoms with Gasteiger partial charge in [-0.1, -0.05) is 81.4 Å². The van der Waals surface area contributed by atoms with Crippen LogP contribution in [0.15, 0.2) is 84.9 Å². The fourth-order valence-corrected chi connectivity index (χ4v) is 3.32. The van der Waals surface area contributed by atoms with Gasteiger partial charge in [-0.2, -0.15) is 13.2 Å². The first kappa shape index (κ1) is 22.7. The Hall–Kier alpha value is -3.01. The quantitative estimate of drug-likeness (QED) is 0.386. The number of ether oxygens (including phenoxy) is 1. The fraction of sp³-hybridized carbons (Fsp3) is 0.259. The van der Waals surface area contributed by atoms with Crippen LogP contribution in [0, 0.1) is 0 Å². The van der Waals surface area contributed by atoms with E-state index in [0.29, 0.717) is 12.2 Å². The van der Waals surface area contributed by atoms with E-state index >= 15 is 0 Å². The molecule has 0 bridgehead atoms. The van der Waals surface area contributed by atoms with Crippen molar-refractivity contribution < 1.29 is 17.9 Å². The van der Waals surface area contributed by atoms with Crippen LogP contribution in [0.25, 0.3) is 5.57 Å². The van der Waals surface area contributed by atoms with Crippen molar-refractivity contribution in [2.24, 2.45) is 0 Å². The number of halogens is 3. The second kappa shape index (κ2) is 9.42. The monoisotopic (exact) mass is 424 g/mol. The molecule has 0 saturated carbocycles. The number of alkyl halides is 3. The zero-order chi connectivity index (χ0) is 22.5. The number of hydrogen-bond acceptors (Lipinski definition) is 1. The molecule has 0 atom stereocenters. The molecule has 0 aliphatic rings. The third kappa shape index (κ3) is 6.48. The van der Waals surface area contributed by atoms with Crippen molar-refractivity contribution in [1.29, 1.82) is 0 Å². The number of hydrogen-bond donors (Lipinski definition) is 0. The van der Waals surface area contributed by atoms with E-state index in [2.05, 4.69) is 0 Å². The average Bonchev–Trinajstić information content (AvgIpc) is 2.71. The topological polar surface area (TPSA) is 9.23 Å². The van der Waals surface area contributed by atoms with Gasteiger partial charge in [-0.25, -0.2) is 0 Å². The first-order valence-electron chi connectivity index (χ1n) is 10.3. The number of aryl methyl sites for hydroxylation is 1. The summed E-state index contributed by atoms with van der Waals surface area (Å²) < 4.78 is 46.9. The minimum atomic E-state index is -4.40. The molecular formula is C27H27F3O. The van der Waals surface area contributed by atoms with E-state index in [9.17, 15) is 13.2 Å². The van der Waals surface area contributed by atoms with E-state index in [-0.39, 0.29) is 17.4 Å². The maximum absolute atomic E-state index is 13.7. The van der Waals surface area contributed by atoms with Gasteiger partial charge in [-0.3, -0.25) is 0 Å². The van der Waals surface area contributed by atoms with Gasteiger partial charge in [0.05, 0.1) is 5.57 Å². The van der Waals surface area contributed by atoms with Gasteiger partial charge >= 0.3 is 6.18 Å². The highest BCUT2D eigenvalue weighted by Crippen LogP contribution is 2.35. The molecule has 1 nitrogen and oxygen atoms in total. The zero-order valence-electron chi connectivity index (χ0n) is 18.0. The van der Waals surface area contributed by atoms with Gasteiger partial charge in [0.2, 0.25) is 0 Å². The van der Waals surface area contributed by atoms with E-state index in [1.165, 1.54) is 6.08 Å². The second-order valence-electron chi connectivity index (χ2n) is 8.54. The minimum Gasteiger partial charge on any atom is -0.457 e. The molecule has 31 heavy (non-hydrogen) atoms. The van der Waals surface area contributed by atoms with Gasteiger partial charge in [-0.15, -0.1) is 0 Å². The third-order valence-electron chi connectivity index (χ3n) is 5.03. The normalized spacial score (nSPS) is 12.6. The fourth-order valence-electron chi connectivity index (χ4n) is 3.32. The Morgan fingerprint density at radius 1 is 0.806 bits per heavy atom. The lowest BCUT2D eigenvalue weighted by Gasteiger charge is -2.20. The second-order valence-corrected chi connectivity index (χ2v) is 8.54. The summed E-state index contributed by atoms with van der Waals surface area (Å²) in [6.07, 6.45) is -2.34. The lowest BCUT2D eigenvalue weighted by atomic mass is 9.86. The molecule has 3 rings (SSSR count). The maximum Gasteiger partial charge on any atom is 0.416 e. The van der Waals surface area contributed by atoms with Gasteiger partial charge in [-0.05, 0) is 59.2 Å². The molecular weight excluding hydrogens is 397 g/mol. The molecule has 0 aliphatic carbocycles. The van der Waals surface area contributed by atoms with Gasteiger partial charge in [0.15, 0.2) is 0 Å². The van der Waals surface area contributed by atoms with Gasteiger partial charge in [0, 0.05) is 0 Å². The van der Waals surface area contributed by atoms with Gasteiger partial charge < -0.3 is 4.74 Å². The summed E-state index contributed by atoms with van der Waals surface area (Å²) in [5.74, 6) is 1.39. The summed E-state index contributed by atoms with van der Waals surface area (Å²) in [5.41, 5.74) is 1.43. The van der Waals surface area contributed by atoms with Crippen molar-refractivity contribution in [3.8, 4) is 11.5 Å². The standard InChI is InChI=1S/C27H27F3O/c1-26(2,3)22-17-15-21(16-18-22)25(27(28,29)30)14-8-10-20-9-7-13-24(19-20)31-23-11-5-4-6-12-23/h4-7,9,11-19H,8,10H2,1-3H3/b25-14+. The van der Waals surface area contributed by atoms with E-state index in [1.807, 2.05) is 75.4 Å². The van der Waals surface area contributed by atoms with Crippen LogP contribution in [0.5, 0.6) is 11.5 Å². The van der Waals surface area contributed by atoms with E-state index in [1.54, 1.807) is 24.3 Å². The first-order chi connectivity index (χ1) is 14.6. The molecule has 0 amide bonds. The predicted molar refractivity (Wildman–Crippen MR) is 120 cm³/mol. The lowest BCUT2D eigenvalue weighted by Crippen LogP contribution is -2.13. The van der Waals surface area contributed by atoms with Crippen molar-refractivity contribution in [3.05, 3.63) is 102 Å². The van der Waals surface area contributed by atoms with Crippen LogP contribution in [0.1, 0.15) is 43.9 Å². The van der Waals surface area contributed by atoms with Crippen LogP contribution in [0.2, 0.25) is 0 Å². The summed E-state index contributed by atoms with van der Waals surface area (Å²) in [4.78, 5) is 0. The van der Waals surface area contributed by atoms with Gasteiger partial charge in [0.25, 0.3) is 0 Å². The summed E-state index contributed by atoms with van der Waals surface area (Å²) in [5, 5.41) is 0. The highest BCUT2D eigenvalue weighted by molar-refractivity contribution is 5.69. The number of allylic oxidation sites excluding steroid dienone is 2. The molecule has 0 radical (unpaired) electrons. The average molecular weight is 425 g/mol. The molecule has 0 aliphatic heterocycles. The molecule has 0 heterocycles. The van der Waals surface area contributed by atoms with Gasteiger partial charge in [0.1, 0.15) is 11.5 Å². The van der Waals surface area contributed by atoms with E-state index in [4.69, 9.17) is 4.74 Å². The molecule has 0 unspecified atom stereocenters. The molecule has 162 valence electrons. The Labute approximate surface area is 182 Å². The summed E-state index contributed by atoms with van der Waals surface area (Å²) in [6.45, 7) is 6.12. The van der Waals surface area contributed by atoms with Crippen molar-refractivity contribution in [2.75, 3.05) is 0 Å². The molecule has 0 fully saturated rings. The lowest BCUT2D eigenvalue weighted by molar-refractivity contribution is -0.0690. The van der Waals surface area contributed by atoms with Crippen LogP contribution >= 0.6 is 0 Å². The summed E-state index contributed by atoms with van der Waals surface area (Å²) >= 11 is 0. The highest BCUT2D eigenvalue weighted by atomic mass is 19.4. The Kier molecular flexibility index (Phi) is 6.89. The maximum atomic E-state index is 13.7. The molecule has 4 heteroatoms. The predicted octanol–water partition coefficient (Wildman–Crippen LogP) is 8.35. The van der Waals surface area contributed by atoms with Crippen molar-refractivity contribution >= 4 is 5.57 Å². The molecule has 0 aromatic heterocycles. The van der Waals surface area contributed by atoms with Crippen LogP contribution in [-0.2, 0) is 11.8 Å². The van der Waals surface area contributed by atoms with Crippen molar-refractivity contribution in [2.45, 2.75) is 45.2 Å². The number of benzene rings is 3. The van der Waals surface area contributed by atoms with Crippen molar-refractivity contribution in [1.82, 2.24) is 0 Å². The Bertz CT molecular complexity index is 1010. The number of rotatable bonds is 6. The van der Waals surface area contributed by atoms with Crippen LogP contribution in [0.4, 0.5) is 13.2 Å². The number of para-hydroxylation sites is 1. The van der Waals surface area contributed by atoms with Crippen LogP contribution in [-0.4, -0.2) is 6.18 Å². The Balaban J connectivity index is 1.73. The van der Waals surface area contributed by atoms with Crippen molar-refractivity contribution in [3.63, 3.8) is 0 Å². The van der Waals surface area contributed by atoms with E-state index in [0.717, 1.165) is 16.9 Å². The van der Waals surface area contributed by atoms with Crippen LogP contribution < -0.4 is 4.74 Å². The Morgan fingerprint density at radius 2 is 1.45 bits per heavy atom. The van der Waals surface area contributed by atoms with Crippen LogP contribution in [0.3, 0.4) is 0 Å². The molecule has 0 saturated heterocycles. The largest absolute Gasteiger partial charge is 0.457 e. The zero-order valence-corrected chi connectivity index (χ0v) is 18.0. The summed E-state index contributed by atoms with van der Waals surface area (Å²) in [6, 6.07) is 23.5.